The minimum absolute atomic E-state index is 0.250. The first-order valence-electron chi connectivity index (χ1n) is 2.90. The van der Waals surface area contributed by atoms with Crippen LogP contribution in [0.2, 0.25) is 0 Å². The summed E-state index contributed by atoms with van der Waals surface area (Å²) in [4.78, 5) is 3.92. The molecule has 0 aliphatic carbocycles. The van der Waals surface area contributed by atoms with Gasteiger partial charge >= 0.3 is 0 Å². The van der Waals surface area contributed by atoms with Crippen molar-refractivity contribution in [2.45, 2.75) is 12.8 Å². The van der Waals surface area contributed by atoms with Crippen molar-refractivity contribution in [1.82, 2.24) is 4.98 Å². The number of hydrogen-bond acceptors (Lipinski definition) is 3. The van der Waals surface area contributed by atoms with Gasteiger partial charge in [-0.25, -0.2) is 4.98 Å². The van der Waals surface area contributed by atoms with E-state index in [1.807, 2.05) is 5.38 Å². The lowest BCUT2D eigenvalue weighted by molar-refractivity contribution is 0.318. The maximum absolute atomic E-state index is 7.57. The van der Waals surface area contributed by atoms with E-state index in [1.54, 1.807) is 24.5 Å². The Morgan fingerprint density at radius 3 is 2.60 bits per heavy atom. The Morgan fingerprint density at radius 1 is 1.80 bits per heavy atom. The molecule has 0 amide bonds. The van der Waals surface area contributed by atoms with Gasteiger partial charge < -0.3 is 5.11 Å². The van der Waals surface area contributed by atoms with Crippen LogP contribution in [0.3, 0.4) is 0 Å². The summed E-state index contributed by atoms with van der Waals surface area (Å²) < 4.78 is 0. The second kappa shape index (κ2) is 6.99. The van der Waals surface area contributed by atoms with Gasteiger partial charge in [-0.3, -0.25) is 0 Å². The topological polar surface area (TPSA) is 33.1 Å². The summed E-state index contributed by atoms with van der Waals surface area (Å²) in [7, 11) is 0. The molecule has 1 heterocycles. The van der Waals surface area contributed by atoms with Crippen LogP contribution in [-0.4, -0.2) is 16.7 Å². The lowest BCUT2D eigenvalue weighted by Gasteiger charge is -1.75. The van der Waals surface area contributed by atoms with Gasteiger partial charge in [-0.15, -0.1) is 22.9 Å². The number of alkyl halides is 1. The number of aromatic nitrogens is 1. The molecule has 0 saturated carbocycles. The minimum atomic E-state index is 0.250. The third-order valence-electron chi connectivity index (χ3n) is 0.598. The second-order valence-electron chi connectivity index (χ2n) is 1.38. The molecule has 0 aromatic carbocycles. The summed E-state index contributed by atoms with van der Waals surface area (Å²) in [6.45, 7) is 1.93. The fourth-order valence-electron chi connectivity index (χ4n) is 0.319. The van der Waals surface area contributed by atoms with Crippen LogP contribution >= 0.6 is 22.9 Å². The zero-order valence-corrected chi connectivity index (χ0v) is 7.32. The molecular formula is C6H10ClNOS. The molecule has 58 valence electrons. The van der Waals surface area contributed by atoms with E-state index in [1.165, 1.54) is 0 Å². The molecule has 0 saturated heterocycles. The Bertz CT molecular complexity index is 143. The fourth-order valence-corrected chi connectivity index (χ4v) is 1.04. The van der Waals surface area contributed by atoms with Crippen LogP contribution in [-0.2, 0) is 5.88 Å². The normalized spacial score (nSPS) is 8.30. The van der Waals surface area contributed by atoms with E-state index in [4.69, 9.17) is 16.7 Å². The molecule has 4 heteroatoms. The SMILES string of the molecule is CCO.ClCc1nccs1. The van der Waals surface area contributed by atoms with Gasteiger partial charge in [0.05, 0.1) is 5.88 Å². The van der Waals surface area contributed by atoms with Gasteiger partial charge in [0.15, 0.2) is 0 Å². The van der Waals surface area contributed by atoms with Crippen molar-refractivity contribution >= 4 is 22.9 Å². The third kappa shape index (κ3) is 4.73. The van der Waals surface area contributed by atoms with Crippen molar-refractivity contribution in [2.75, 3.05) is 6.61 Å². The lowest BCUT2D eigenvalue weighted by Crippen LogP contribution is -1.67. The number of aliphatic hydroxyl groups is 1. The predicted molar refractivity (Wildman–Crippen MR) is 44.4 cm³/mol. The Labute approximate surface area is 69.5 Å². The van der Waals surface area contributed by atoms with E-state index < -0.39 is 0 Å². The number of aliphatic hydroxyl groups excluding tert-OH is 1. The van der Waals surface area contributed by atoms with Gasteiger partial charge in [0, 0.05) is 18.2 Å². The standard InChI is InChI=1S/C4H4ClNS.C2H6O/c5-3-4-6-1-2-7-4;1-2-3/h1-2H,3H2;3H,2H2,1H3. The summed E-state index contributed by atoms with van der Waals surface area (Å²) in [5, 5.41) is 10.5. The molecule has 0 fully saturated rings. The number of thiazole rings is 1. The molecular weight excluding hydrogens is 170 g/mol. The maximum atomic E-state index is 7.57. The Morgan fingerprint density at radius 2 is 2.40 bits per heavy atom. The zero-order chi connectivity index (χ0) is 7.82. The van der Waals surface area contributed by atoms with Crippen molar-refractivity contribution in [2.24, 2.45) is 0 Å². The number of hydrogen-bond donors (Lipinski definition) is 1. The van der Waals surface area contributed by atoms with E-state index in [-0.39, 0.29) is 6.61 Å². The van der Waals surface area contributed by atoms with Crippen LogP contribution in [0.15, 0.2) is 11.6 Å². The van der Waals surface area contributed by atoms with Crippen molar-refractivity contribution in [1.29, 1.82) is 0 Å². The molecule has 0 spiro atoms. The highest BCUT2D eigenvalue weighted by Crippen LogP contribution is 2.05. The van der Waals surface area contributed by atoms with Crippen LogP contribution < -0.4 is 0 Å². The van der Waals surface area contributed by atoms with E-state index in [2.05, 4.69) is 4.98 Å². The molecule has 0 unspecified atom stereocenters. The lowest BCUT2D eigenvalue weighted by atomic mass is 10.8. The highest BCUT2D eigenvalue weighted by Gasteiger charge is 1.86. The van der Waals surface area contributed by atoms with Crippen molar-refractivity contribution in [3.63, 3.8) is 0 Å². The average Bonchev–Trinajstić information content (AvgIpc) is 2.39. The first-order chi connectivity index (χ1) is 4.85. The van der Waals surface area contributed by atoms with Gasteiger partial charge in [-0.2, -0.15) is 0 Å². The van der Waals surface area contributed by atoms with E-state index in [0.29, 0.717) is 5.88 Å². The Kier molecular flexibility index (Phi) is 6.91. The third-order valence-corrected chi connectivity index (χ3v) is 1.79. The number of rotatable bonds is 1. The molecule has 0 atom stereocenters. The maximum Gasteiger partial charge on any atom is 0.107 e. The summed E-state index contributed by atoms with van der Waals surface area (Å²) in [5.74, 6) is 0.539. The highest BCUT2D eigenvalue weighted by molar-refractivity contribution is 7.09. The first kappa shape index (κ1) is 9.88. The predicted octanol–water partition coefficient (Wildman–Crippen LogP) is 1.88. The summed E-state index contributed by atoms with van der Waals surface area (Å²) >= 11 is 7.00. The van der Waals surface area contributed by atoms with Crippen molar-refractivity contribution in [3.8, 4) is 0 Å². The van der Waals surface area contributed by atoms with Gasteiger partial charge in [0.25, 0.3) is 0 Å². The molecule has 0 radical (unpaired) electrons. The smallest absolute Gasteiger partial charge is 0.107 e. The molecule has 10 heavy (non-hydrogen) atoms. The number of halogens is 1. The van der Waals surface area contributed by atoms with E-state index in [0.717, 1.165) is 5.01 Å². The largest absolute Gasteiger partial charge is 0.397 e. The Balaban J connectivity index is 0.000000236. The molecule has 1 rings (SSSR count). The van der Waals surface area contributed by atoms with Crippen LogP contribution in [0, 0.1) is 0 Å². The molecule has 0 bridgehead atoms. The van der Waals surface area contributed by atoms with E-state index >= 15 is 0 Å². The molecule has 1 aromatic rings. The van der Waals surface area contributed by atoms with Crippen LogP contribution in [0.25, 0.3) is 0 Å². The van der Waals surface area contributed by atoms with Crippen molar-refractivity contribution < 1.29 is 5.11 Å². The van der Waals surface area contributed by atoms with Gasteiger partial charge in [0.1, 0.15) is 5.01 Å². The van der Waals surface area contributed by atoms with Crippen LogP contribution in [0.4, 0.5) is 0 Å². The highest BCUT2D eigenvalue weighted by atomic mass is 35.5. The van der Waals surface area contributed by atoms with Gasteiger partial charge in [-0.1, -0.05) is 0 Å². The fraction of sp³-hybridized carbons (Fsp3) is 0.500. The molecule has 0 aliphatic rings. The van der Waals surface area contributed by atoms with Crippen LogP contribution in [0.1, 0.15) is 11.9 Å². The first-order valence-corrected chi connectivity index (χ1v) is 4.31. The van der Waals surface area contributed by atoms with Crippen molar-refractivity contribution in [3.05, 3.63) is 16.6 Å². The number of nitrogens with zero attached hydrogens (tertiary/aromatic N) is 1. The molecule has 1 aromatic heterocycles. The quantitative estimate of drug-likeness (QED) is 0.668. The van der Waals surface area contributed by atoms with Crippen LogP contribution in [0.5, 0.6) is 0 Å². The Hall–Kier alpha value is -0.120. The molecule has 1 N–H and O–H groups in total. The molecule has 0 aliphatic heterocycles. The second-order valence-corrected chi connectivity index (χ2v) is 2.62. The monoisotopic (exact) mass is 179 g/mol. The summed E-state index contributed by atoms with van der Waals surface area (Å²) in [6.07, 6.45) is 1.75. The van der Waals surface area contributed by atoms with Gasteiger partial charge in [-0.05, 0) is 6.92 Å². The minimum Gasteiger partial charge on any atom is -0.397 e. The van der Waals surface area contributed by atoms with E-state index in [9.17, 15) is 0 Å². The van der Waals surface area contributed by atoms with Gasteiger partial charge in [0.2, 0.25) is 0 Å². The summed E-state index contributed by atoms with van der Waals surface area (Å²) in [5.41, 5.74) is 0. The molecule has 2 nitrogen and oxygen atoms in total. The zero-order valence-electron chi connectivity index (χ0n) is 5.75. The average molecular weight is 180 g/mol. The summed E-state index contributed by atoms with van der Waals surface area (Å²) in [6, 6.07) is 0.